The molecule has 0 saturated carbocycles. The monoisotopic (exact) mass is 575 g/mol. The van der Waals surface area contributed by atoms with Gasteiger partial charge in [-0.05, 0) is 88.1 Å². The van der Waals surface area contributed by atoms with E-state index in [9.17, 15) is 23.1 Å². The predicted molar refractivity (Wildman–Crippen MR) is 150 cm³/mol. The molecule has 2 N–H and O–H groups in total. The number of hydrogen-bond donors (Lipinski definition) is 2. The number of ether oxygens (including phenoxy) is 1. The zero-order valence-corrected chi connectivity index (χ0v) is 24.1. The molecule has 1 aliphatic heterocycles. The summed E-state index contributed by atoms with van der Waals surface area (Å²) in [5.41, 5.74) is 0.694. The van der Waals surface area contributed by atoms with Gasteiger partial charge in [0.25, 0.3) is 0 Å². The standard InChI is InChI=1S/C31H40F3N3O4/c1-28(2,26(38)39)40-25-15-17-29(3,18-16-25)19-20-37(21-22-11-13-24(14-12-22)31(32,33)34)27-35-30(4,41-36-27)23-9-7-5-6-8-10-23/h7,9,11-17,23H,5-6,8,10,18-21H2,1-4H3,(H,35,36)(H,38,39). The Morgan fingerprint density at radius 2 is 1.95 bits per heavy atom. The fraction of sp³-hybridized carbons (Fsp3) is 0.548. The van der Waals surface area contributed by atoms with Gasteiger partial charge in [0.05, 0.1) is 5.56 Å². The number of hydrogen-bond acceptors (Lipinski definition) is 6. The number of carboxylic acid groups (broad SMARTS) is 1. The number of halogens is 3. The second kappa shape index (κ2) is 11.9. The molecule has 3 unspecified atom stereocenters. The molecule has 1 heterocycles. The van der Waals surface area contributed by atoms with E-state index in [0.29, 0.717) is 37.6 Å². The molecule has 0 bridgehead atoms. The number of nitrogens with one attached hydrogen (secondary N) is 1. The third-order valence-electron chi connectivity index (χ3n) is 8.08. The number of hydroxylamine groups is 1. The van der Waals surface area contributed by atoms with Crippen LogP contribution in [-0.4, -0.2) is 39.8 Å². The summed E-state index contributed by atoms with van der Waals surface area (Å²) >= 11 is 0. The highest BCUT2D eigenvalue weighted by atomic mass is 19.4. The maximum Gasteiger partial charge on any atom is 0.416 e. The summed E-state index contributed by atoms with van der Waals surface area (Å²) in [4.78, 5) is 24.5. The Balaban J connectivity index is 1.51. The van der Waals surface area contributed by atoms with Crippen molar-refractivity contribution >= 4 is 11.9 Å². The summed E-state index contributed by atoms with van der Waals surface area (Å²) in [5, 5.41) is 9.37. The molecule has 0 aromatic heterocycles. The number of alkyl halides is 3. The van der Waals surface area contributed by atoms with E-state index in [0.717, 1.165) is 43.4 Å². The minimum absolute atomic E-state index is 0.111. The van der Waals surface area contributed by atoms with E-state index < -0.39 is 29.0 Å². The lowest BCUT2D eigenvalue weighted by molar-refractivity contribution is -0.156. The molecule has 0 fully saturated rings. The van der Waals surface area contributed by atoms with Crippen LogP contribution in [0.15, 0.2) is 65.4 Å². The normalized spacial score (nSPS) is 26.6. The molecule has 2 aliphatic carbocycles. The largest absolute Gasteiger partial charge is 0.478 e. The molecule has 0 radical (unpaired) electrons. The molecule has 41 heavy (non-hydrogen) atoms. The van der Waals surface area contributed by atoms with Gasteiger partial charge < -0.3 is 14.7 Å². The van der Waals surface area contributed by atoms with Gasteiger partial charge in [-0.1, -0.05) is 43.7 Å². The minimum atomic E-state index is -4.39. The first kappa shape index (κ1) is 30.7. The highest BCUT2D eigenvalue weighted by Gasteiger charge is 2.41. The summed E-state index contributed by atoms with van der Waals surface area (Å²) in [6.45, 7) is 7.98. The Labute approximate surface area is 239 Å². The zero-order valence-electron chi connectivity index (χ0n) is 24.1. The lowest BCUT2D eigenvalue weighted by Crippen LogP contribution is -2.40. The average Bonchev–Trinajstić information content (AvgIpc) is 3.11. The number of benzene rings is 1. The van der Waals surface area contributed by atoms with Crippen LogP contribution in [0.1, 0.15) is 77.3 Å². The Morgan fingerprint density at radius 3 is 2.59 bits per heavy atom. The molecule has 4 rings (SSSR count). The molecule has 1 aromatic carbocycles. The number of aliphatic carboxylic acids is 1. The molecule has 224 valence electrons. The van der Waals surface area contributed by atoms with Gasteiger partial charge in [0, 0.05) is 19.0 Å². The van der Waals surface area contributed by atoms with E-state index in [-0.39, 0.29) is 11.3 Å². The smallest absolute Gasteiger partial charge is 0.416 e. The molecule has 3 atom stereocenters. The van der Waals surface area contributed by atoms with Crippen LogP contribution >= 0.6 is 0 Å². The van der Waals surface area contributed by atoms with Crippen molar-refractivity contribution in [2.24, 2.45) is 16.3 Å². The van der Waals surface area contributed by atoms with Gasteiger partial charge in [-0.25, -0.2) is 20.1 Å². The summed E-state index contributed by atoms with van der Waals surface area (Å²) in [5.74, 6) is 0.132. The third kappa shape index (κ3) is 7.72. The Bertz CT molecular complexity index is 1220. The number of nitrogens with zero attached hydrogens (tertiary/aromatic N) is 2. The number of aliphatic imine (C=N–C) groups is 1. The van der Waals surface area contributed by atoms with Crippen LogP contribution < -0.4 is 5.48 Å². The van der Waals surface area contributed by atoms with Crippen LogP contribution in [-0.2, 0) is 27.1 Å². The first-order valence-electron chi connectivity index (χ1n) is 14.1. The first-order valence-corrected chi connectivity index (χ1v) is 14.1. The highest BCUT2D eigenvalue weighted by Crippen LogP contribution is 2.37. The van der Waals surface area contributed by atoms with Crippen molar-refractivity contribution in [2.75, 3.05) is 6.54 Å². The fourth-order valence-electron chi connectivity index (χ4n) is 5.15. The molecular formula is C31H40F3N3O4. The van der Waals surface area contributed by atoms with Crippen LogP contribution in [0.3, 0.4) is 0 Å². The van der Waals surface area contributed by atoms with E-state index in [4.69, 9.17) is 14.6 Å². The van der Waals surface area contributed by atoms with E-state index in [1.165, 1.54) is 26.0 Å². The van der Waals surface area contributed by atoms with Crippen molar-refractivity contribution in [3.63, 3.8) is 0 Å². The summed E-state index contributed by atoms with van der Waals surface area (Å²) < 4.78 is 45.1. The van der Waals surface area contributed by atoms with Crippen LogP contribution in [0.25, 0.3) is 0 Å². The third-order valence-corrected chi connectivity index (χ3v) is 8.08. The maximum absolute atomic E-state index is 13.1. The van der Waals surface area contributed by atoms with E-state index in [1.54, 1.807) is 6.08 Å². The van der Waals surface area contributed by atoms with Gasteiger partial charge in [0.15, 0.2) is 11.3 Å². The number of guanidine groups is 1. The SMILES string of the molecule is CC1(CCN(Cc2ccc(C(F)(F)F)cc2)C2=NC(C)(C3C=CCCCC3)ON2)C=CC(OC(C)(C)C(=O)O)=CC1. The van der Waals surface area contributed by atoms with Crippen molar-refractivity contribution in [2.45, 2.75) is 90.3 Å². The number of carboxylic acids is 1. The lowest BCUT2D eigenvalue weighted by atomic mass is 9.80. The quantitative estimate of drug-likeness (QED) is 0.309. The van der Waals surface area contributed by atoms with Gasteiger partial charge in [0.2, 0.25) is 5.96 Å². The molecule has 0 spiro atoms. The second-order valence-electron chi connectivity index (χ2n) is 12.1. The molecule has 10 heteroatoms. The summed E-state index contributed by atoms with van der Waals surface area (Å²) in [6.07, 6.45) is 11.3. The topological polar surface area (TPSA) is 83.4 Å². The Kier molecular flexibility index (Phi) is 8.92. The molecule has 1 aromatic rings. The van der Waals surface area contributed by atoms with Crippen molar-refractivity contribution in [1.29, 1.82) is 0 Å². The van der Waals surface area contributed by atoms with Crippen molar-refractivity contribution in [3.05, 3.63) is 71.5 Å². The summed E-state index contributed by atoms with van der Waals surface area (Å²) in [6, 6.07) is 5.20. The molecule has 0 amide bonds. The van der Waals surface area contributed by atoms with Crippen molar-refractivity contribution < 1.29 is 32.6 Å². The molecule has 0 saturated heterocycles. The molecular weight excluding hydrogens is 535 g/mol. The van der Waals surface area contributed by atoms with Crippen molar-refractivity contribution in [1.82, 2.24) is 10.4 Å². The van der Waals surface area contributed by atoms with Crippen LogP contribution in [0, 0.1) is 11.3 Å². The molecule has 3 aliphatic rings. The average molecular weight is 576 g/mol. The number of carbonyl (C=O) groups is 1. The van der Waals surface area contributed by atoms with Crippen LogP contribution in [0.4, 0.5) is 13.2 Å². The second-order valence-corrected chi connectivity index (χ2v) is 12.1. The molecule has 7 nitrogen and oxygen atoms in total. The highest BCUT2D eigenvalue weighted by molar-refractivity contribution is 5.80. The Hall–Kier alpha value is -3.27. The Morgan fingerprint density at radius 1 is 1.22 bits per heavy atom. The van der Waals surface area contributed by atoms with Gasteiger partial charge >= 0.3 is 12.1 Å². The van der Waals surface area contributed by atoms with E-state index >= 15 is 0 Å². The zero-order chi connectivity index (χ0) is 29.9. The minimum Gasteiger partial charge on any atom is -0.478 e. The predicted octanol–water partition coefficient (Wildman–Crippen LogP) is 6.98. The maximum atomic E-state index is 13.1. The number of allylic oxidation sites excluding steroid dienone is 4. The van der Waals surface area contributed by atoms with Gasteiger partial charge in [-0.15, -0.1) is 0 Å². The first-order chi connectivity index (χ1) is 19.2. The lowest BCUT2D eigenvalue weighted by Gasteiger charge is -2.33. The van der Waals surface area contributed by atoms with E-state index in [2.05, 4.69) is 24.6 Å². The number of rotatable bonds is 9. The van der Waals surface area contributed by atoms with Crippen molar-refractivity contribution in [3.8, 4) is 0 Å². The fourth-order valence-corrected chi connectivity index (χ4v) is 5.15. The van der Waals surface area contributed by atoms with Gasteiger partial charge in [0.1, 0.15) is 5.76 Å². The van der Waals surface area contributed by atoms with Gasteiger partial charge in [-0.3, -0.25) is 0 Å². The summed E-state index contributed by atoms with van der Waals surface area (Å²) in [7, 11) is 0. The van der Waals surface area contributed by atoms with Gasteiger partial charge in [-0.2, -0.15) is 13.2 Å². The van der Waals surface area contributed by atoms with E-state index in [1.807, 2.05) is 24.0 Å². The van der Waals surface area contributed by atoms with Crippen LogP contribution in [0.5, 0.6) is 0 Å². The van der Waals surface area contributed by atoms with Crippen LogP contribution in [0.2, 0.25) is 0 Å².